The zero-order chi connectivity index (χ0) is 10.1. The fourth-order valence-corrected chi connectivity index (χ4v) is 2.23. The van der Waals surface area contributed by atoms with Crippen LogP contribution in [0.5, 0.6) is 0 Å². The van der Waals surface area contributed by atoms with Gasteiger partial charge < -0.3 is 10.3 Å². The molecule has 1 aromatic heterocycles. The largest absolute Gasteiger partial charge is 0.353 e. The highest BCUT2D eigenvalue weighted by Gasteiger charge is 2.29. The number of hydrogen-bond donors (Lipinski definition) is 2. The molecule has 78 valence electrons. The van der Waals surface area contributed by atoms with Crippen LogP contribution in [0.3, 0.4) is 0 Å². The van der Waals surface area contributed by atoms with Crippen LogP contribution >= 0.6 is 0 Å². The highest BCUT2D eigenvalue weighted by atomic mass is 15.1. The number of rotatable bonds is 2. The molecule has 0 spiro atoms. The normalized spacial score (nSPS) is 32.1. The van der Waals surface area contributed by atoms with Gasteiger partial charge in [-0.3, -0.25) is 0 Å². The van der Waals surface area contributed by atoms with Gasteiger partial charge in [0.2, 0.25) is 5.95 Å². The average Bonchev–Trinajstić information content (AvgIpc) is 2.67. The summed E-state index contributed by atoms with van der Waals surface area (Å²) < 4.78 is 0. The summed E-state index contributed by atoms with van der Waals surface area (Å²) >= 11 is 0. The number of imidazole rings is 1. The molecule has 1 aromatic rings. The molecular formula is C11H19N3. The Morgan fingerprint density at radius 3 is 2.71 bits per heavy atom. The lowest BCUT2D eigenvalue weighted by Gasteiger charge is -2.18. The first-order valence-corrected chi connectivity index (χ1v) is 5.45. The second-order valence-corrected chi connectivity index (χ2v) is 4.58. The number of aromatic amines is 1. The molecule has 3 atom stereocenters. The fraction of sp³-hybridized carbons (Fsp3) is 0.727. The van der Waals surface area contributed by atoms with Crippen molar-refractivity contribution in [3.63, 3.8) is 0 Å². The van der Waals surface area contributed by atoms with E-state index in [1.807, 2.05) is 13.1 Å². The first kappa shape index (κ1) is 9.56. The molecule has 2 N–H and O–H groups in total. The molecule has 1 fully saturated rings. The molecule has 0 radical (unpaired) electrons. The Kier molecular flexibility index (Phi) is 2.48. The van der Waals surface area contributed by atoms with E-state index in [1.165, 1.54) is 12.8 Å². The minimum Gasteiger partial charge on any atom is -0.353 e. The number of aryl methyl sites for hydroxylation is 1. The Morgan fingerprint density at radius 2 is 2.21 bits per heavy atom. The Bertz CT molecular complexity index is 305. The van der Waals surface area contributed by atoms with Crippen LogP contribution in [0.1, 0.15) is 32.4 Å². The first-order valence-electron chi connectivity index (χ1n) is 5.45. The summed E-state index contributed by atoms with van der Waals surface area (Å²) in [5, 5.41) is 3.48. The van der Waals surface area contributed by atoms with E-state index in [1.54, 1.807) is 0 Å². The maximum Gasteiger partial charge on any atom is 0.200 e. The molecule has 14 heavy (non-hydrogen) atoms. The molecule has 0 aliphatic heterocycles. The van der Waals surface area contributed by atoms with Gasteiger partial charge in [0.25, 0.3) is 0 Å². The summed E-state index contributed by atoms with van der Waals surface area (Å²) in [6.07, 6.45) is 4.46. The number of anilines is 1. The van der Waals surface area contributed by atoms with Crippen LogP contribution in [-0.2, 0) is 0 Å². The van der Waals surface area contributed by atoms with Crippen LogP contribution in [0.15, 0.2) is 6.20 Å². The van der Waals surface area contributed by atoms with E-state index in [4.69, 9.17) is 0 Å². The summed E-state index contributed by atoms with van der Waals surface area (Å²) in [6.45, 7) is 6.68. The molecule has 0 amide bonds. The van der Waals surface area contributed by atoms with Gasteiger partial charge in [-0.15, -0.1) is 0 Å². The van der Waals surface area contributed by atoms with Gasteiger partial charge in [-0.1, -0.05) is 13.8 Å². The van der Waals surface area contributed by atoms with Crippen LogP contribution in [0.25, 0.3) is 0 Å². The maximum atomic E-state index is 4.27. The third-order valence-corrected chi connectivity index (χ3v) is 3.49. The van der Waals surface area contributed by atoms with Gasteiger partial charge >= 0.3 is 0 Å². The van der Waals surface area contributed by atoms with Gasteiger partial charge in [-0.2, -0.15) is 0 Å². The molecule has 1 heterocycles. The molecule has 3 unspecified atom stereocenters. The van der Waals surface area contributed by atoms with Crippen molar-refractivity contribution < 1.29 is 0 Å². The number of hydrogen-bond acceptors (Lipinski definition) is 2. The standard InChI is InChI=1S/C11H19N3/c1-7-4-5-10(9(7)3)14-11-12-6-8(2)13-11/h6-7,9-10H,4-5H2,1-3H3,(H2,12,13,14). The van der Waals surface area contributed by atoms with Crippen LogP contribution < -0.4 is 5.32 Å². The highest BCUT2D eigenvalue weighted by Crippen LogP contribution is 2.32. The van der Waals surface area contributed by atoms with Crippen molar-refractivity contribution in [2.45, 2.75) is 39.7 Å². The summed E-state index contributed by atoms with van der Waals surface area (Å²) in [5.41, 5.74) is 1.12. The predicted octanol–water partition coefficient (Wildman–Crippen LogP) is 2.56. The molecule has 0 aromatic carbocycles. The third kappa shape index (κ3) is 1.76. The molecule has 2 rings (SSSR count). The zero-order valence-electron chi connectivity index (χ0n) is 9.17. The number of aromatic nitrogens is 2. The van der Waals surface area contributed by atoms with E-state index < -0.39 is 0 Å². The van der Waals surface area contributed by atoms with E-state index in [9.17, 15) is 0 Å². The first-order chi connectivity index (χ1) is 6.66. The van der Waals surface area contributed by atoms with Crippen LogP contribution in [-0.4, -0.2) is 16.0 Å². The van der Waals surface area contributed by atoms with Crippen molar-refractivity contribution >= 4 is 5.95 Å². The third-order valence-electron chi connectivity index (χ3n) is 3.49. The second-order valence-electron chi connectivity index (χ2n) is 4.58. The molecule has 1 aliphatic carbocycles. The Balaban J connectivity index is 1.98. The quantitative estimate of drug-likeness (QED) is 0.758. The van der Waals surface area contributed by atoms with Gasteiger partial charge in [-0.05, 0) is 31.6 Å². The molecule has 0 saturated heterocycles. The summed E-state index contributed by atoms with van der Waals surface area (Å²) in [4.78, 5) is 7.49. The number of nitrogens with one attached hydrogen (secondary N) is 2. The molecule has 3 nitrogen and oxygen atoms in total. The molecule has 3 heteroatoms. The van der Waals surface area contributed by atoms with E-state index in [0.717, 1.165) is 23.5 Å². The van der Waals surface area contributed by atoms with Crippen LogP contribution in [0, 0.1) is 18.8 Å². The number of nitrogens with zero attached hydrogens (tertiary/aromatic N) is 1. The van der Waals surface area contributed by atoms with E-state index in [2.05, 4.69) is 29.1 Å². The van der Waals surface area contributed by atoms with Crippen molar-refractivity contribution in [2.24, 2.45) is 11.8 Å². The zero-order valence-corrected chi connectivity index (χ0v) is 9.17. The van der Waals surface area contributed by atoms with Crippen molar-refractivity contribution in [3.05, 3.63) is 11.9 Å². The second kappa shape index (κ2) is 3.64. The van der Waals surface area contributed by atoms with Gasteiger partial charge in [0.1, 0.15) is 0 Å². The summed E-state index contributed by atoms with van der Waals surface area (Å²) in [5.74, 6) is 2.51. The summed E-state index contributed by atoms with van der Waals surface area (Å²) in [7, 11) is 0. The lowest BCUT2D eigenvalue weighted by Crippen LogP contribution is -2.24. The van der Waals surface area contributed by atoms with E-state index in [0.29, 0.717) is 6.04 Å². The molecule has 1 aliphatic rings. The minimum absolute atomic E-state index is 0.593. The monoisotopic (exact) mass is 193 g/mol. The smallest absolute Gasteiger partial charge is 0.200 e. The SMILES string of the molecule is Cc1cnc(NC2CCC(C)C2C)[nH]1. The van der Waals surface area contributed by atoms with Crippen molar-refractivity contribution in [1.29, 1.82) is 0 Å². The van der Waals surface area contributed by atoms with Gasteiger partial charge in [0, 0.05) is 17.9 Å². The van der Waals surface area contributed by atoms with E-state index >= 15 is 0 Å². The highest BCUT2D eigenvalue weighted by molar-refractivity contribution is 5.28. The average molecular weight is 193 g/mol. The van der Waals surface area contributed by atoms with Crippen LogP contribution in [0.4, 0.5) is 5.95 Å². The summed E-state index contributed by atoms with van der Waals surface area (Å²) in [6, 6.07) is 0.593. The predicted molar refractivity (Wildman–Crippen MR) is 58.3 cm³/mol. The Morgan fingerprint density at radius 1 is 1.43 bits per heavy atom. The fourth-order valence-electron chi connectivity index (χ4n) is 2.23. The van der Waals surface area contributed by atoms with Crippen molar-refractivity contribution in [3.8, 4) is 0 Å². The van der Waals surface area contributed by atoms with Gasteiger partial charge in [0.15, 0.2) is 0 Å². The van der Waals surface area contributed by atoms with Crippen molar-refractivity contribution in [1.82, 2.24) is 9.97 Å². The maximum absolute atomic E-state index is 4.27. The van der Waals surface area contributed by atoms with Gasteiger partial charge in [-0.25, -0.2) is 4.98 Å². The lowest BCUT2D eigenvalue weighted by molar-refractivity contribution is 0.434. The van der Waals surface area contributed by atoms with Gasteiger partial charge in [0.05, 0.1) is 0 Å². The Hall–Kier alpha value is -0.990. The van der Waals surface area contributed by atoms with Crippen LogP contribution in [0.2, 0.25) is 0 Å². The molecular weight excluding hydrogens is 174 g/mol. The number of H-pyrrole nitrogens is 1. The van der Waals surface area contributed by atoms with E-state index in [-0.39, 0.29) is 0 Å². The topological polar surface area (TPSA) is 40.7 Å². The molecule has 0 bridgehead atoms. The molecule has 1 saturated carbocycles. The lowest BCUT2D eigenvalue weighted by atomic mass is 9.98. The van der Waals surface area contributed by atoms with Crippen molar-refractivity contribution in [2.75, 3.05) is 5.32 Å². The minimum atomic E-state index is 0.593. The Labute approximate surface area is 85.3 Å².